The predicted molar refractivity (Wildman–Crippen MR) is 106 cm³/mol. The molecule has 0 saturated heterocycles. The summed E-state index contributed by atoms with van der Waals surface area (Å²) in [4.78, 5) is 30.7. The smallest absolute Gasteiger partial charge is 0.312 e. The van der Waals surface area contributed by atoms with Gasteiger partial charge < -0.3 is 4.57 Å². The van der Waals surface area contributed by atoms with Gasteiger partial charge in [0, 0.05) is 25.0 Å². The van der Waals surface area contributed by atoms with Crippen LogP contribution in [0.1, 0.15) is 36.7 Å². The molecule has 0 aliphatic heterocycles. The molecule has 0 unspecified atom stereocenters. The van der Waals surface area contributed by atoms with Crippen molar-refractivity contribution in [3.8, 4) is 0 Å². The summed E-state index contributed by atoms with van der Waals surface area (Å²) >= 11 is 0. The molecule has 0 aliphatic rings. The zero-order chi connectivity index (χ0) is 19.5. The summed E-state index contributed by atoms with van der Waals surface area (Å²) in [5.74, 6) is 0.679. The van der Waals surface area contributed by atoms with Crippen LogP contribution in [0.25, 0.3) is 16.9 Å². The molecule has 0 atom stereocenters. The zero-order valence-electron chi connectivity index (χ0n) is 16.2. The van der Waals surface area contributed by atoms with E-state index in [0.717, 1.165) is 16.8 Å². The van der Waals surface area contributed by atoms with Crippen LogP contribution in [0.3, 0.4) is 0 Å². The lowest BCUT2D eigenvalue weighted by Crippen LogP contribution is -2.39. The maximum Gasteiger partial charge on any atom is 0.332 e. The largest absolute Gasteiger partial charge is 0.332 e. The monoisotopic (exact) mass is 365 g/mol. The Morgan fingerprint density at radius 2 is 1.89 bits per heavy atom. The summed E-state index contributed by atoms with van der Waals surface area (Å²) in [5, 5.41) is 0. The fourth-order valence-electron chi connectivity index (χ4n) is 3.80. The molecule has 27 heavy (non-hydrogen) atoms. The minimum atomic E-state index is -0.359. The lowest BCUT2D eigenvalue weighted by molar-refractivity contribution is 0.601. The van der Waals surface area contributed by atoms with Crippen LogP contribution in [0.15, 0.2) is 40.1 Å². The average molecular weight is 365 g/mol. The van der Waals surface area contributed by atoms with Crippen LogP contribution in [0.5, 0.6) is 0 Å². The van der Waals surface area contributed by atoms with Crippen LogP contribution >= 0.6 is 0 Å². The second kappa shape index (κ2) is 5.97. The first-order valence-electron chi connectivity index (χ1n) is 9.04. The Labute approximate surface area is 156 Å². The second-order valence-electron chi connectivity index (χ2n) is 7.41. The van der Waals surface area contributed by atoms with E-state index in [0.29, 0.717) is 16.9 Å². The number of aromatic nitrogens is 5. The van der Waals surface area contributed by atoms with E-state index >= 15 is 0 Å². The number of hydrogen-bond donors (Lipinski definition) is 0. The fourth-order valence-corrected chi connectivity index (χ4v) is 3.80. The second-order valence-corrected chi connectivity index (χ2v) is 7.41. The van der Waals surface area contributed by atoms with Crippen molar-refractivity contribution >= 4 is 16.9 Å². The van der Waals surface area contributed by atoms with Crippen molar-refractivity contribution < 1.29 is 0 Å². The average Bonchev–Trinajstić information content (AvgIpc) is 3.11. The predicted octanol–water partition coefficient (Wildman–Crippen LogP) is 2.40. The van der Waals surface area contributed by atoms with Gasteiger partial charge >= 0.3 is 5.69 Å². The first-order valence-corrected chi connectivity index (χ1v) is 9.04. The van der Waals surface area contributed by atoms with Crippen molar-refractivity contribution in [1.29, 1.82) is 0 Å². The lowest BCUT2D eigenvalue weighted by Gasteiger charge is -2.09. The molecule has 1 aromatic carbocycles. The van der Waals surface area contributed by atoms with E-state index in [2.05, 4.69) is 23.4 Å². The third-order valence-corrected chi connectivity index (χ3v) is 5.01. The van der Waals surface area contributed by atoms with Crippen molar-refractivity contribution in [3.63, 3.8) is 0 Å². The number of rotatable bonds is 3. The van der Waals surface area contributed by atoms with Gasteiger partial charge in [0.05, 0.1) is 6.54 Å². The molecule has 0 aliphatic carbocycles. The SMILES string of the molecule is Cc1cccc(Cn2c(=O)c3c(nc4n(C(C)C)c(C)cn34)n(C)c2=O)c1. The van der Waals surface area contributed by atoms with E-state index in [9.17, 15) is 9.59 Å². The summed E-state index contributed by atoms with van der Waals surface area (Å²) in [7, 11) is 1.66. The quantitative estimate of drug-likeness (QED) is 0.560. The molecule has 140 valence electrons. The van der Waals surface area contributed by atoms with Gasteiger partial charge in [-0.1, -0.05) is 29.8 Å². The third kappa shape index (κ3) is 2.53. The van der Waals surface area contributed by atoms with Crippen LogP contribution in [-0.2, 0) is 13.6 Å². The summed E-state index contributed by atoms with van der Waals surface area (Å²) < 4.78 is 6.61. The fraction of sp³-hybridized carbons (Fsp3) is 0.350. The van der Waals surface area contributed by atoms with Gasteiger partial charge in [-0.3, -0.25) is 18.3 Å². The van der Waals surface area contributed by atoms with E-state index < -0.39 is 0 Å². The topological polar surface area (TPSA) is 66.2 Å². The number of aryl methyl sites for hydroxylation is 3. The molecule has 7 heteroatoms. The number of benzene rings is 1. The molecule has 0 N–H and O–H groups in total. The molecule has 0 amide bonds. The normalized spacial score (nSPS) is 11.9. The lowest BCUT2D eigenvalue weighted by atomic mass is 10.1. The van der Waals surface area contributed by atoms with Crippen LogP contribution < -0.4 is 11.2 Å². The standard InChI is InChI=1S/C20H23N5O2/c1-12(2)25-14(4)10-23-16-17(21-19(23)25)22(5)20(27)24(18(16)26)11-15-8-6-7-13(3)9-15/h6-10,12H,11H2,1-5H3. The van der Waals surface area contributed by atoms with E-state index in [-0.39, 0.29) is 23.8 Å². The first-order chi connectivity index (χ1) is 12.8. The Kier molecular flexibility index (Phi) is 3.83. The maximum absolute atomic E-state index is 13.2. The van der Waals surface area contributed by atoms with Crippen molar-refractivity contribution in [2.45, 2.75) is 40.3 Å². The maximum atomic E-state index is 13.2. The highest BCUT2D eigenvalue weighted by Gasteiger charge is 2.21. The van der Waals surface area contributed by atoms with E-state index in [1.165, 1.54) is 9.13 Å². The van der Waals surface area contributed by atoms with Gasteiger partial charge in [-0.25, -0.2) is 4.79 Å². The molecule has 7 nitrogen and oxygen atoms in total. The Morgan fingerprint density at radius 3 is 2.56 bits per heavy atom. The van der Waals surface area contributed by atoms with Gasteiger partial charge in [-0.05, 0) is 33.3 Å². The number of nitrogens with zero attached hydrogens (tertiary/aromatic N) is 5. The van der Waals surface area contributed by atoms with Gasteiger partial charge in [0.25, 0.3) is 5.56 Å². The van der Waals surface area contributed by atoms with Crippen LogP contribution in [0.2, 0.25) is 0 Å². The van der Waals surface area contributed by atoms with Crippen molar-refractivity contribution in [2.24, 2.45) is 7.05 Å². The van der Waals surface area contributed by atoms with Gasteiger partial charge in [0.15, 0.2) is 11.2 Å². The molecule has 0 spiro atoms. The van der Waals surface area contributed by atoms with Gasteiger partial charge in [-0.15, -0.1) is 0 Å². The Hall–Kier alpha value is -3.09. The van der Waals surface area contributed by atoms with Crippen LogP contribution in [-0.4, -0.2) is 23.1 Å². The summed E-state index contributed by atoms with van der Waals surface area (Å²) in [6.07, 6.45) is 1.91. The highest BCUT2D eigenvalue weighted by Crippen LogP contribution is 2.20. The molecule has 0 radical (unpaired) electrons. The van der Waals surface area contributed by atoms with Crippen molar-refractivity contribution in [1.82, 2.24) is 23.1 Å². The molecular weight excluding hydrogens is 342 g/mol. The Morgan fingerprint density at radius 1 is 1.15 bits per heavy atom. The molecule has 3 aromatic heterocycles. The van der Waals surface area contributed by atoms with Crippen LogP contribution in [0.4, 0.5) is 0 Å². The Balaban J connectivity index is 2.04. The Bertz CT molecular complexity index is 1300. The molecule has 4 aromatic rings. The third-order valence-electron chi connectivity index (χ3n) is 5.01. The van der Waals surface area contributed by atoms with Gasteiger partial charge in [-0.2, -0.15) is 4.98 Å². The first kappa shape index (κ1) is 17.3. The number of imidazole rings is 2. The summed E-state index contributed by atoms with van der Waals surface area (Å²) in [5.41, 5.74) is 3.20. The molecule has 4 rings (SSSR count). The highest BCUT2D eigenvalue weighted by atomic mass is 16.2. The highest BCUT2D eigenvalue weighted by molar-refractivity contribution is 5.75. The zero-order valence-corrected chi connectivity index (χ0v) is 16.2. The molecule has 0 fully saturated rings. The van der Waals surface area contributed by atoms with E-state index in [1.54, 1.807) is 11.4 Å². The molecule has 3 heterocycles. The van der Waals surface area contributed by atoms with E-state index in [4.69, 9.17) is 0 Å². The minimum absolute atomic E-state index is 0.200. The van der Waals surface area contributed by atoms with Crippen LogP contribution in [0, 0.1) is 13.8 Å². The minimum Gasteiger partial charge on any atom is -0.312 e. The van der Waals surface area contributed by atoms with Gasteiger partial charge in [0.1, 0.15) is 0 Å². The molecular formula is C20H23N5O2. The molecule has 0 bridgehead atoms. The molecule has 0 saturated carbocycles. The van der Waals surface area contributed by atoms with Crippen molar-refractivity contribution in [2.75, 3.05) is 0 Å². The van der Waals surface area contributed by atoms with Gasteiger partial charge in [0.2, 0.25) is 5.78 Å². The van der Waals surface area contributed by atoms with E-state index in [1.807, 2.05) is 44.3 Å². The summed E-state index contributed by atoms with van der Waals surface area (Å²) in [6.45, 7) is 8.36. The summed E-state index contributed by atoms with van der Waals surface area (Å²) in [6, 6.07) is 8.04. The van der Waals surface area contributed by atoms with Crippen molar-refractivity contribution in [3.05, 3.63) is 68.1 Å². The number of fused-ring (bicyclic) bond motifs is 3. The number of hydrogen-bond acceptors (Lipinski definition) is 3.